The van der Waals surface area contributed by atoms with E-state index in [-0.39, 0.29) is 5.92 Å². The van der Waals surface area contributed by atoms with E-state index in [1.54, 1.807) is 0 Å². The van der Waals surface area contributed by atoms with Gasteiger partial charge in [-0.05, 0) is 6.42 Å². The zero-order valence-corrected chi connectivity index (χ0v) is 7.34. The van der Waals surface area contributed by atoms with Gasteiger partial charge in [0, 0.05) is 12.5 Å². The maximum absolute atomic E-state index is 5.44. The van der Waals surface area contributed by atoms with Crippen molar-refractivity contribution in [2.45, 2.75) is 26.1 Å². The summed E-state index contributed by atoms with van der Waals surface area (Å²) in [6, 6.07) is 0. The average molecular weight is 161 g/mol. The van der Waals surface area contributed by atoms with Crippen LogP contribution in [0.25, 0.3) is 0 Å². The van der Waals surface area contributed by atoms with E-state index in [1.165, 1.54) is 0 Å². The molecule has 0 aliphatic heterocycles. The summed E-state index contributed by atoms with van der Waals surface area (Å²) >= 11 is 0. The highest BCUT2D eigenvalue weighted by atomic mass is 16.5. The summed E-state index contributed by atoms with van der Waals surface area (Å²) < 4.78 is 5.23. The van der Waals surface area contributed by atoms with Crippen LogP contribution in [0.3, 0.4) is 0 Å². The Balaban J connectivity index is 3.44. The molecular formula is C7H19N3O. The maximum atomic E-state index is 5.44. The van der Waals surface area contributed by atoms with Gasteiger partial charge in [-0.2, -0.15) is 0 Å². The molecule has 4 heteroatoms. The first kappa shape index (κ1) is 10.8. The van der Waals surface area contributed by atoms with E-state index in [4.69, 9.17) is 21.9 Å². The van der Waals surface area contributed by atoms with Gasteiger partial charge in [-0.25, -0.2) is 0 Å². The van der Waals surface area contributed by atoms with Gasteiger partial charge in [0.05, 0.1) is 6.61 Å². The Kier molecular flexibility index (Phi) is 4.60. The summed E-state index contributed by atoms with van der Waals surface area (Å²) in [5.41, 5.74) is 16.3. The normalized spacial score (nSPS) is 15.0. The highest BCUT2D eigenvalue weighted by molar-refractivity contribution is 4.74. The van der Waals surface area contributed by atoms with Gasteiger partial charge >= 0.3 is 0 Å². The Morgan fingerprint density at radius 1 is 1.36 bits per heavy atom. The third kappa shape index (κ3) is 5.15. The molecule has 4 nitrogen and oxygen atoms in total. The van der Waals surface area contributed by atoms with Gasteiger partial charge in [-0.1, -0.05) is 13.8 Å². The van der Waals surface area contributed by atoms with Crippen molar-refractivity contribution in [1.29, 1.82) is 0 Å². The first-order valence-corrected chi connectivity index (χ1v) is 3.92. The fourth-order valence-corrected chi connectivity index (χ4v) is 0.549. The summed E-state index contributed by atoms with van der Waals surface area (Å²) in [5.74, 6) is -1.14. The number of nitrogens with two attached hydrogens (primary N) is 3. The third-order valence-electron chi connectivity index (χ3n) is 1.57. The van der Waals surface area contributed by atoms with E-state index in [1.807, 2.05) is 13.8 Å². The predicted octanol–water partition coefficient (Wildman–Crippen LogP) is -0.421. The minimum absolute atomic E-state index is 0.0194. The van der Waals surface area contributed by atoms with Crippen LogP contribution in [0, 0.1) is 5.92 Å². The molecule has 68 valence electrons. The molecule has 0 aromatic heterocycles. The fraction of sp³-hybridized carbons (Fsp3) is 1.00. The van der Waals surface area contributed by atoms with E-state index in [0.717, 1.165) is 13.0 Å². The summed E-state index contributed by atoms with van der Waals surface area (Å²) in [7, 11) is 0. The molecule has 1 unspecified atom stereocenters. The monoisotopic (exact) mass is 161 g/mol. The van der Waals surface area contributed by atoms with E-state index in [2.05, 4.69) is 0 Å². The zero-order valence-electron chi connectivity index (χ0n) is 7.34. The number of ether oxygens (including phenoxy) is 1. The predicted molar refractivity (Wildman–Crippen MR) is 45.6 cm³/mol. The van der Waals surface area contributed by atoms with Crippen LogP contribution >= 0.6 is 0 Å². The standard InChI is InChI=1S/C7H19N3O/c1-3-4-11-5-6(2)7(8,9)10/h6H,3-5,8-10H2,1-2H3. The zero-order chi connectivity index (χ0) is 8.91. The Morgan fingerprint density at radius 2 is 1.91 bits per heavy atom. The third-order valence-corrected chi connectivity index (χ3v) is 1.57. The molecule has 0 bridgehead atoms. The molecule has 0 heterocycles. The van der Waals surface area contributed by atoms with Gasteiger partial charge in [0.25, 0.3) is 0 Å². The molecular weight excluding hydrogens is 142 g/mol. The molecule has 0 aliphatic carbocycles. The summed E-state index contributed by atoms with van der Waals surface area (Å²) in [5, 5.41) is 0. The lowest BCUT2D eigenvalue weighted by Gasteiger charge is -2.26. The van der Waals surface area contributed by atoms with Crippen molar-refractivity contribution in [3.63, 3.8) is 0 Å². The number of hydrogen-bond donors (Lipinski definition) is 3. The molecule has 0 saturated heterocycles. The first-order valence-electron chi connectivity index (χ1n) is 3.92. The van der Waals surface area contributed by atoms with Crippen LogP contribution in [0.5, 0.6) is 0 Å². The van der Waals surface area contributed by atoms with Gasteiger partial charge in [-0.15, -0.1) is 0 Å². The summed E-state index contributed by atoms with van der Waals surface area (Å²) in [6.07, 6.45) is 0.999. The minimum Gasteiger partial charge on any atom is -0.381 e. The van der Waals surface area contributed by atoms with Crippen LogP contribution in [0.1, 0.15) is 20.3 Å². The van der Waals surface area contributed by atoms with Crippen LogP contribution < -0.4 is 17.2 Å². The van der Waals surface area contributed by atoms with E-state index in [0.29, 0.717) is 6.61 Å². The van der Waals surface area contributed by atoms with Crippen molar-refractivity contribution in [3.8, 4) is 0 Å². The molecule has 11 heavy (non-hydrogen) atoms. The molecule has 0 spiro atoms. The second-order valence-electron chi connectivity index (χ2n) is 2.98. The van der Waals surface area contributed by atoms with Gasteiger partial charge in [-0.3, -0.25) is 0 Å². The fourth-order valence-electron chi connectivity index (χ4n) is 0.549. The first-order chi connectivity index (χ1) is 4.98. The Labute approximate surface area is 68.1 Å². The van der Waals surface area contributed by atoms with Crippen molar-refractivity contribution in [2.24, 2.45) is 23.1 Å². The lowest BCUT2D eigenvalue weighted by Crippen LogP contribution is -2.63. The largest absolute Gasteiger partial charge is 0.381 e. The van der Waals surface area contributed by atoms with Gasteiger partial charge in [0.1, 0.15) is 5.79 Å². The topological polar surface area (TPSA) is 87.3 Å². The molecule has 0 saturated carbocycles. The summed E-state index contributed by atoms with van der Waals surface area (Å²) in [6.45, 7) is 5.18. The van der Waals surface area contributed by atoms with E-state index >= 15 is 0 Å². The van der Waals surface area contributed by atoms with Crippen LogP contribution in [-0.4, -0.2) is 19.0 Å². The van der Waals surface area contributed by atoms with Crippen molar-refractivity contribution in [2.75, 3.05) is 13.2 Å². The molecule has 0 rings (SSSR count). The lowest BCUT2D eigenvalue weighted by atomic mass is 10.1. The second-order valence-corrected chi connectivity index (χ2v) is 2.98. The highest BCUT2D eigenvalue weighted by Crippen LogP contribution is 2.02. The Hall–Kier alpha value is -0.160. The molecule has 0 aliphatic rings. The molecule has 0 radical (unpaired) electrons. The quantitative estimate of drug-likeness (QED) is 0.377. The van der Waals surface area contributed by atoms with Gasteiger partial charge in [0.2, 0.25) is 0 Å². The number of hydrogen-bond acceptors (Lipinski definition) is 4. The molecule has 0 fully saturated rings. The Morgan fingerprint density at radius 3 is 2.27 bits per heavy atom. The van der Waals surface area contributed by atoms with Crippen molar-refractivity contribution < 1.29 is 4.74 Å². The molecule has 6 N–H and O–H groups in total. The smallest absolute Gasteiger partial charge is 0.120 e. The van der Waals surface area contributed by atoms with Crippen molar-refractivity contribution >= 4 is 0 Å². The average Bonchev–Trinajstić information content (AvgIpc) is 1.86. The summed E-state index contributed by atoms with van der Waals surface area (Å²) in [4.78, 5) is 0. The minimum atomic E-state index is -1.12. The van der Waals surface area contributed by atoms with Gasteiger partial charge < -0.3 is 21.9 Å². The SMILES string of the molecule is CCCOCC(C)C(N)(N)N. The van der Waals surface area contributed by atoms with Crippen LogP contribution in [-0.2, 0) is 4.74 Å². The Bertz CT molecular complexity index is 100. The van der Waals surface area contributed by atoms with Crippen LogP contribution in [0.2, 0.25) is 0 Å². The van der Waals surface area contributed by atoms with Crippen molar-refractivity contribution in [3.05, 3.63) is 0 Å². The lowest BCUT2D eigenvalue weighted by molar-refractivity contribution is 0.0772. The molecule has 1 atom stereocenters. The molecule has 0 aromatic carbocycles. The van der Waals surface area contributed by atoms with E-state index < -0.39 is 5.79 Å². The molecule has 0 aromatic rings. The number of rotatable bonds is 5. The second kappa shape index (κ2) is 4.66. The van der Waals surface area contributed by atoms with Crippen LogP contribution in [0.15, 0.2) is 0 Å². The van der Waals surface area contributed by atoms with Gasteiger partial charge in [0.15, 0.2) is 0 Å². The van der Waals surface area contributed by atoms with E-state index in [9.17, 15) is 0 Å². The maximum Gasteiger partial charge on any atom is 0.120 e. The van der Waals surface area contributed by atoms with Crippen LogP contribution in [0.4, 0.5) is 0 Å². The molecule has 0 amide bonds. The van der Waals surface area contributed by atoms with Crippen molar-refractivity contribution in [1.82, 2.24) is 0 Å². The highest BCUT2D eigenvalue weighted by Gasteiger charge is 2.21.